The Kier molecular flexibility index (Phi) is 4.33. The summed E-state index contributed by atoms with van der Waals surface area (Å²) in [5.41, 5.74) is 1.43. The molecule has 18 heavy (non-hydrogen) atoms. The Hall–Kier alpha value is -1.39. The monoisotopic (exact) mass is 307 g/mol. The van der Waals surface area contributed by atoms with Crippen molar-refractivity contribution in [3.8, 4) is 5.75 Å². The van der Waals surface area contributed by atoms with Crippen molar-refractivity contribution in [2.75, 3.05) is 6.61 Å². The maximum atomic E-state index is 10.2. The predicted octanol–water partition coefficient (Wildman–Crippen LogP) is 3.32. The van der Waals surface area contributed by atoms with E-state index < -0.39 is 6.10 Å². The minimum absolute atomic E-state index is 0.627. The van der Waals surface area contributed by atoms with Gasteiger partial charge in [0.2, 0.25) is 0 Å². The normalized spacial score (nSPS) is 12.2. The second kappa shape index (κ2) is 5.98. The molecule has 2 rings (SSSR count). The van der Waals surface area contributed by atoms with Crippen LogP contribution in [0.3, 0.4) is 0 Å². The smallest absolute Gasteiger partial charge is 0.121 e. The van der Waals surface area contributed by atoms with Gasteiger partial charge >= 0.3 is 0 Å². The van der Waals surface area contributed by atoms with Crippen molar-refractivity contribution in [2.45, 2.75) is 13.0 Å². The summed E-state index contributed by atoms with van der Waals surface area (Å²) in [5.74, 6) is 0.803. The first kappa shape index (κ1) is 13.1. The summed E-state index contributed by atoms with van der Waals surface area (Å²) in [6.07, 6.45) is 0.960. The van der Waals surface area contributed by atoms with E-state index in [9.17, 15) is 5.11 Å². The third-order valence-electron chi connectivity index (χ3n) is 2.54. The molecule has 1 atom stereocenters. The van der Waals surface area contributed by atoms with E-state index in [1.165, 1.54) is 0 Å². The van der Waals surface area contributed by atoms with Gasteiger partial charge in [-0.3, -0.25) is 4.98 Å². The molecule has 0 aliphatic carbocycles. The Morgan fingerprint density at radius 2 is 1.94 bits per heavy atom. The number of pyridine rings is 1. The van der Waals surface area contributed by atoms with Crippen LogP contribution in [0.5, 0.6) is 5.75 Å². The molecule has 0 aliphatic rings. The lowest BCUT2D eigenvalue weighted by molar-refractivity contribution is 0.215. The molecule has 0 spiro atoms. The number of halogens is 1. The third-order valence-corrected chi connectivity index (χ3v) is 3.01. The van der Waals surface area contributed by atoms with Crippen LogP contribution in [0.2, 0.25) is 0 Å². The van der Waals surface area contributed by atoms with Gasteiger partial charge in [-0.25, -0.2) is 0 Å². The first-order chi connectivity index (χ1) is 8.70. The van der Waals surface area contributed by atoms with Gasteiger partial charge in [0, 0.05) is 10.7 Å². The number of nitrogens with zero attached hydrogens (tertiary/aromatic N) is 1. The Morgan fingerprint density at radius 1 is 1.22 bits per heavy atom. The standard InChI is InChI=1S/C14H14BrNO2/c1-2-18-12-6-3-10(4-7-12)14(17)13-8-5-11(15)9-16-13/h3-9,14,17H,2H2,1H3. The van der Waals surface area contributed by atoms with Gasteiger partial charge in [0.1, 0.15) is 11.9 Å². The Morgan fingerprint density at radius 3 is 2.50 bits per heavy atom. The van der Waals surface area contributed by atoms with E-state index in [-0.39, 0.29) is 0 Å². The molecule has 0 aliphatic heterocycles. The van der Waals surface area contributed by atoms with Gasteiger partial charge < -0.3 is 9.84 Å². The van der Waals surface area contributed by atoms with Gasteiger partial charge in [0.15, 0.2) is 0 Å². The third kappa shape index (κ3) is 3.09. The van der Waals surface area contributed by atoms with Gasteiger partial charge in [-0.2, -0.15) is 0 Å². The van der Waals surface area contributed by atoms with Crippen LogP contribution in [-0.4, -0.2) is 16.7 Å². The number of ether oxygens (including phenoxy) is 1. The fraction of sp³-hybridized carbons (Fsp3) is 0.214. The Labute approximate surface area is 115 Å². The minimum atomic E-state index is -0.714. The maximum absolute atomic E-state index is 10.2. The molecule has 0 radical (unpaired) electrons. The molecular weight excluding hydrogens is 294 g/mol. The van der Waals surface area contributed by atoms with Crippen LogP contribution in [0.25, 0.3) is 0 Å². The fourth-order valence-corrected chi connectivity index (χ4v) is 1.87. The fourth-order valence-electron chi connectivity index (χ4n) is 1.63. The van der Waals surface area contributed by atoms with Gasteiger partial charge in [-0.1, -0.05) is 12.1 Å². The van der Waals surface area contributed by atoms with Gasteiger partial charge in [0.25, 0.3) is 0 Å². The van der Waals surface area contributed by atoms with Crippen LogP contribution in [0.4, 0.5) is 0 Å². The summed E-state index contributed by atoms with van der Waals surface area (Å²) in [7, 11) is 0. The second-order valence-electron chi connectivity index (χ2n) is 3.81. The molecule has 1 N–H and O–H groups in total. The van der Waals surface area contributed by atoms with Crippen LogP contribution >= 0.6 is 15.9 Å². The van der Waals surface area contributed by atoms with E-state index in [1.807, 2.05) is 37.3 Å². The topological polar surface area (TPSA) is 42.4 Å². The van der Waals surface area contributed by atoms with Crippen LogP contribution in [-0.2, 0) is 0 Å². The lowest BCUT2D eigenvalue weighted by Crippen LogP contribution is -2.02. The van der Waals surface area contributed by atoms with Crippen molar-refractivity contribution in [1.82, 2.24) is 4.98 Å². The zero-order chi connectivity index (χ0) is 13.0. The molecule has 1 aromatic carbocycles. The maximum Gasteiger partial charge on any atom is 0.121 e. The number of hydrogen-bond donors (Lipinski definition) is 1. The van der Waals surface area contributed by atoms with E-state index in [1.54, 1.807) is 12.3 Å². The van der Waals surface area contributed by atoms with Crippen molar-refractivity contribution >= 4 is 15.9 Å². The van der Waals surface area contributed by atoms with Gasteiger partial charge in [-0.15, -0.1) is 0 Å². The van der Waals surface area contributed by atoms with E-state index in [2.05, 4.69) is 20.9 Å². The molecular formula is C14H14BrNO2. The minimum Gasteiger partial charge on any atom is -0.494 e. The summed E-state index contributed by atoms with van der Waals surface area (Å²) < 4.78 is 6.25. The molecule has 2 aromatic rings. The van der Waals surface area contributed by atoms with Crippen LogP contribution in [0.15, 0.2) is 47.1 Å². The van der Waals surface area contributed by atoms with Gasteiger partial charge in [0.05, 0.1) is 12.3 Å². The van der Waals surface area contributed by atoms with Crippen LogP contribution in [0.1, 0.15) is 24.3 Å². The molecule has 94 valence electrons. The molecule has 0 fully saturated rings. The van der Waals surface area contributed by atoms with Crippen molar-refractivity contribution in [3.63, 3.8) is 0 Å². The summed E-state index contributed by atoms with van der Waals surface area (Å²) >= 11 is 3.32. The highest BCUT2D eigenvalue weighted by Gasteiger charge is 2.11. The van der Waals surface area contributed by atoms with Gasteiger partial charge in [-0.05, 0) is 52.7 Å². The average molecular weight is 308 g/mol. The molecule has 1 heterocycles. The lowest BCUT2D eigenvalue weighted by Gasteiger charge is -2.11. The number of aliphatic hydroxyl groups is 1. The summed E-state index contributed by atoms with van der Waals surface area (Å²) in [5, 5.41) is 10.2. The van der Waals surface area contributed by atoms with E-state index >= 15 is 0 Å². The Balaban J connectivity index is 2.17. The molecule has 0 amide bonds. The van der Waals surface area contributed by atoms with Crippen LogP contribution < -0.4 is 4.74 Å². The van der Waals surface area contributed by atoms with E-state index in [4.69, 9.17) is 4.74 Å². The lowest BCUT2D eigenvalue weighted by atomic mass is 10.1. The summed E-state index contributed by atoms with van der Waals surface area (Å²) in [6.45, 7) is 2.57. The van der Waals surface area contributed by atoms with Crippen molar-refractivity contribution in [3.05, 3.63) is 58.3 Å². The highest BCUT2D eigenvalue weighted by molar-refractivity contribution is 9.10. The molecule has 0 saturated carbocycles. The first-order valence-corrected chi connectivity index (χ1v) is 6.52. The molecule has 3 nitrogen and oxygen atoms in total. The quantitative estimate of drug-likeness (QED) is 0.942. The zero-order valence-electron chi connectivity index (χ0n) is 10.0. The largest absolute Gasteiger partial charge is 0.494 e. The van der Waals surface area contributed by atoms with E-state index in [0.717, 1.165) is 15.8 Å². The second-order valence-corrected chi connectivity index (χ2v) is 4.72. The summed E-state index contributed by atoms with van der Waals surface area (Å²) in [6, 6.07) is 11.0. The predicted molar refractivity (Wildman–Crippen MR) is 73.6 cm³/mol. The van der Waals surface area contributed by atoms with Crippen molar-refractivity contribution in [1.29, 1.82) is 0 Å². The first-order valence-electron chi connectivity index (χ1n) is 5.73. The molecule has 4 heteroatoms. The molecule has 1 aromatic heterocycles. The number of benzene rings is 1. The number of aliphatic hydroxyl groups excluding tert-OH is 1. The number of hydrogen-bond acceptors (Lipinski definition) is 3. The zero-order valence-corrected chi connectivity index (χ0v) is 11.6. The highest BCUT2D eigenvalue weighted by Crippen LogP contribution is 2.23. The van der Waals surface area contributed by atoms with Crippen LogP contribution in [0, 0.1) is 0 Å². The van der Waals surface area contributed by atoms with E-state index in [0.29, 0.717) is 12.3 Å². The average Bonchev–Trinajstić information content (AvgIpc) is 2.40. The summed E-state index contributed by atoms with van der Waals surface area (Å²) in [4.78, 5) is 4.19. The molecule has 0 bridgehead atoms. The number of rotatable bonds is 4. The Bertz CT molecular complexity index is 496. The number of aromatic nitrogens is 1. The SMILES string of the molecule is CCOc1ccc(C(O)c2ccc(Br)cn2)cc1. The van der Waals surface area contributed by atoms with Crippen molar-refractivity contribution < 1.29 is 9.84 Å². The molecule has 1 unspecified atom stereocenters. The van der Waals surface area contributed by atoms with Crippen molar-refractivity contribution in [2.24, 2.45) is 0 Å². The molecule has 0 saturated heterocycles. The highest BCUT2D eigenvalue weighted by atomic mass is 79.9.